The smallest absolute Gasteiger partial charge is 0.319 e. The first-order valence-electron chi connectivity index (χ1n) is 7.95. The molecule has 126 valence electrons. The average Bonchev–Trinajstić information content (AvgIpc) is 2.97. The first kappa shape index (κ1) is 16.3. The Kier molecular flexibility index (Phi) is 4.66. The van der Waals surface area contributed by atoms with Crippen molar-refractivity contribution in [3.63, 3.8) is 0 Å². The van der Waals surface area contributed by atoms with Gasteiger partial charge in [0.25, 0.3) is 5.56 Å². The van der Waals surface area contributed by atoms with Crippen LogP contribution in [-0.2, 0) is 11.3 Å². The van der Waals surface area contributed by atoms with E-state index in [2.05, 4.69) is 10.6 Å². The molecule has 2 heterocycles. The molecule has 1 fully saturated rings. The topological polar surface area (TPSA) is 72.4 Å². The van der Waals surface area contributed by atoms with Gasteiger partial charge in [-0.25, -0.2) is 4.79 Å². The normalized spacial score (nSPS) is 19.9. The molecule has 1 atom stereocenters. The van der Waals surface area contributed by atoms with Gasteiger partial charge in [0, 0.05) is 24.6 Å². The zero-order valence-electron chi connectivity index (χ0n) is 13.6. The van der Waals surface area contributed by atoms with Gasteiger partial charge in [-0.1, -0.05) is 18.2 Å². The molecule has 2 N–H and O–H groups in total. The zero-order chi connectivity index (χ0) is 17.0. The molecule has 2 amide bonds. The highest BCUT2D eigenvalue weighted by Crippen LogP contribution is 2.18. The van der Waals surface area contributed by atoms with Gasteiger partial charge in [-0.3, -0.25) is 4.79 Å². The SMILES string of the molecule is C[C@]1(NC(=O)Nc2ccc(Cn3ccccc3=O)cc2)CCOC1. The number of urea groups is 1. The second-order valence-corrected chi connectivity index (χ2v) is 6.31. The molecule has 1 saturated heterocycles. The minimum atomic E-state index is -0.307. The lowest BCUT2D eigenvalue weighted by atomic mass is 10.0. The number of ether oxygens (including phenoxy) is 1. The Morgan fingerprint density at radius 1 is 1.25 bits per heavy atom. The molecule has 24 heavy (non-hydrogen) atoms. The number of anilines is 1. The number of pyridine rings is 1. The molecule has 1 aromatic carbocycles. The van der Waals surface area contributed by atoms with Gasteiger partial charge < -0.3 is 19.9 Å². The minimum absolute atomic E-state index is 0.0360. The van der Waals surface area contributed by atoms with Crippen molar-refractivity contribution in [1.82, 2.24) is 9.88 Å². The summed E-state index contributed by atoms with van der Waals surface area (Å²) in [4.78, 5) is 23.8. The van der Waals surface area contributed by atoms with Crippen LogP contribution in [-0.4, -0.2) is 29.4 Å². The number of amides is 2. The molecule has 0 spiro atoms. The molecule has 0 bridgehead atoms. The van der Waals surface area contributed by atoms with Crippen LogP contribution in [0.4, 0.5) is 10.5 Å². The van der Waals surface area contributed by atoms with Crippen molar-refractivity contribution in [3.05, 3.63) is 64.6 Å². The maximum absolute atomic E-state index is 12.1. The standard InChI is InChI=1S/C18H21N3O3/c1-18(9-11-24-13-18)20-17(23)19-15-7-5-14(6-8-15)12-21-10-3-2-4-16(21)22/h2-8,10H,9,11-13H2,1H3,(H2,19,20,23)/t18-/m0/s1. The van der Waals surface area contributed by atoms with Crippen LogP contribution in [0.2, 0.25) is 0 Å². The lowest BCUT2D eigenvalue weighted by molar-refractivity contribution is 0.172. The van der Waals surface area contributed by atoms with Gasteiger partial charge in [0.1, 0.15) is 0 Å². The van der Waals surface area contributed by atoms with E-state index in [1.807, 2.05) is 37.3 Å². The molecule has 6 nitrogen and oxygen atoms in total. The third-order valence-electron chi connectivity index (χ3n) is 4.10. The van der Waals surface area contributed by atoms with Gasteiger partial charge in [-0.15, -0.1) is 0 Å². The first-order valence-corrected chi connectivity index (χ1v) is 7.95. The summed E-state index contributed by atoms with van der Waals surface area (Å²) in [6.45, 7) is 3.68. The quantitative estimate of drug-likeness (QED) is 0.904. The number of nitrogens with one attached hydrogen (secondary N) is 2. The Balaban J connectivity index is 1.59. The van der Waals surface area contributed by atoms with Crippen LogP contribution in [0.3, 0.4) is 0 Å². The van der Waals surface area contributed by atoms with Crippen LogP contribution < -0.4 is 16.2 Å². The number of hydrogen-bond donors (Lipinski definition) is 2. The molecule has 1 aromatic heterocycles. The maximum atomic E-state index is 12.1. The number of carbonyl (C=O) groups is 1. The van der Waals surface area contributed by atoms with Crippen LogP contribution in [0.15, 0.2) is 53.5 Å². The third-order valence-corrected chi connectivity index (χ3v) is 4.10. The summed E-state index contributed by atoms with van der Waals surface area (Å²) in [5, 5.41) is 5.77. The largest absolute Gasteiger partial charge is 0.379 e. The first-order chi connectivity index (χ1) is 11.5. The Morgan fingerprint density at radius 3 is 2.71 bits per heavy atom. The van der Waals surface area contributed by atoms with E-state index >= 15 is 0 Å². The monoisotopic (exact) mass is 327 g/mol. The van der Waals surface area contributed by atoms with E-state index in [9.17, 15) is 9.59 Å². The fourth-order valence-electron chi connectivity index (χ4n) is 2.68. The highest BCUT2D eigenvalue weighted by molar-refractivity contribution is 5.89. The molecule has 0 aliphatic carbocycles. The lowest BCUT2D eigenvalue weighted by Gasteiger charge is -2.23. The van der Waals surface area contributed by atoms with Crippen LogP contribution in [0.25, 0.3) is 0 Å². The summed E-state index contributed by atoms with van der Waals surface area (Å²) < 4.78 is 6.96. The molecule has 3 rings (SSSR count). The molecule has 0 radical (unpaired) electrons. The van der Waals surface area contributed by atoms with Gasteiger partial charge in [-0.05, 0) is 37.1 Å². The highest BCUT2D eigenvalue weighted by Gasteiger charge is 2.31. The van der Waals surface area contributed by atoms with Crippen LogP contribution >= 0.6 is 0 Å². The van der Waals surface area contributed by atoms with E-state index in [1.54, 1.807) is 16.8 Å². The molecular formula is C18H21N3O3. The molecule has 2 aromatic rings. The Bertz CT molecular complexity index is 762. The zero-order valence-corrected chi connectivity index (χ0v) is 13.6. The van der Waals surface area contributed by atoms with Gasteiger partial charge in [0.2, 0.25) is 0 Å². The van der Waals surface area contributed by atoms with E-state index in [4.69, 9.17) is 4.74 Å². The van der Waals surface area contributed by atoms with Crippen molar-refractivity contribution in [2.45, 2.75) is 25.4 Å². The number of nitrogens with zero attached hydrogens (tertiary/aromatic N) is 1. The molecule has 0 saturated carbocycles. The van der Waals surface area contributed by atoms with E-state index in [0.717, 1.165) is 12.0 Å². The fourth-order valence-corrected chi connectivity index (χ4v) is 2.68. The van der Waals surface area contributed by atoms with Crippen LogP contribution in [0.1, 0.15) is 18.9 Å². The molecule has 0 unspecified atom stereocenters. The summed E-state index contributed by atoms with van der Waals surface area (Å²) in [6, 6.07) is 12.3. The number of hydrogen-bond acceptors (Lipinski definition) is 3. The van der Waals surface area contributed by atoms with Crippen molar-refractivity contribution in [2.75, 3.05) is 18.5 Å². The summed E-state index contributed by atoms with van der Waals surface area (Å²) in [5.74, 6) is 0. The van der Waals surface area contributed by atoms with Crippen molar-refractivity contribution in [2.24, 2.45) is 0 Å². The summed E-state index contributed by atoms with van der Waals surface area (Å²) in [7, 11) is 0. The average molecular weight is 327 g/mol. The Labute approximate surface area is 140 Å². The van der Waals surface area contributed by atoms with Gasteiger partial charge in [-0.2, -0.15) is 0 Å². The van der Waals surface area contributed by atoms with E-state index in [-0.39, 0.29) is 17.1 Å². The van der Waals surface area contributed by atoms with Crippen LogP contribution in [0, 0.1) is 0 Å². The third kappa shape index (κ3) is 4.02. The lowest BCUT2D eigenvalue weighted by Crippen LogP contribution is -2.48. The minimum Gasteiger partial charge on any atom is -0.379 e. The number of aromatic nitrogens is 1. The second kappa shape index (κ2) is 6.88. The molecule has 6 heteroatoms. The van der Waals surface area contributed by atoms with Crippen LogP contribution in [0.5, 0.6) is 0 Å². The van der Waals surface area contributed by atoms with Gasteiger partial charge in [0.15, 0.2) is 0 Å². The van der Waals surface area contributed by atoms with Gasteiger partial charge in [0.05, 0.1) is 18.7 Å². The summed E-state index contributed by atoms with van der Waals surface area (Å²) >= 11 is 0. The van der Waals surface area contributed by atoms with Crippen molar-refractivity contribution in [3.8, 4) is 0 Å². The molecule has 1 aliphatic rings. The number of carbonyl (C=O) groups excluding carboxylic acids is 1. The second-order valence-electron chi connectivity index (χ2n) is 6.31. The van der Waals surface area contributed by atoms with Crippen molar-refractivity contribution >= 4 is 11.7 Å². The van der Waals surface area contributed by atoms with E-state index < -0.39 is 0 Å². The van der Waals surface area contributed by atoms with E-state index in [0.29, 0.717) is 25.4 Å². The number of benzene rings is 1. The molecule has 1 aliphatic heterocycles. The number of rotatable bonds is 4. The van der Waals surface area contributed by atoms with Crippen molar-refractivity contribution in [1.29, 1.82) is 0 Å². The Morgan fingerprint density at radius 2 is 2.04 bits per heavy atom. The fraction of sp³-hybridized carbons (Fsp3) is 0.333. The highest BCUT2D eigenvalue weighted by atomic mass is 16.5. The van der Waals surface area contributed by atoms with Gasteiger partial charge >= 0.3 is 6.03 Å². The van der Waals surface area contributed by atoms with Crippen molar-refractivity contribution < 1.29 is 9.53 Å². The summed E-state index contributed by atoms with van der Waals surface area (Å²) in [6.07, 6.45) is 2.57. The predicted octanol–water partition coefficient (Wildman–Crippen LogP) is 2.20. The molecular weight excluding hydrogens is 306 g/mol. The summed E-state index contributed by atoms with van der Waals surface area (Å²) in [5.41, 5.74) is 1.36. The Hall–Kier alpha value is -2.60. The maximum Gasteiger partial charge on any atom is 0.319 e. The van der Waals surface area contributed by atoms with E-state index in [1.165, 1.54) is 6.07 Å². The predicted molar refractivity (Wildman–Crippen MR) is 92.2 cm³/mol.